The van der Waals surface area contributed by atoms with Gasteiger partial charge in [-0.25, -0.2) is 0 Å². The van der Waals surface area contributed by atoms with Crippen molar-refractivity contribution in [1.82, 2.24) is 0 Å². The van der Waals surface area contributed by atoms with Gasteiger partial charge in [-0.3, -0.25) is 0 Å². The summed E-state index contributed by atoms with van der Waals surface area (Å²) in [6.45, 7) is 11.3. The Hall–Kier alpha value is -5.18. The number of benzene rings is 5. The highest BCUT2D eigenvalue weighted by molar-refractivity contribution is 7.06. The minimum absolute atomic E-state index is 0.0985. The first-order valence-corrected chi connectivity index (χ1v) is 20.0. The molecule has 0 fully saturated rings. The van der Waals surface area contributed by atoms with E-state index in [1.807, 2.05) is 0 Å². The van der Waals surface area contributed by atoms with E-state index in [1.54, 1.807) is 0 Å². The molecule has 0 aliphatic heterocycles. The van der Waals surface area contributed by atoms with Gasteiger partial charge in [-0.05, 0) is 76.4 Å². The third-order valence-corrected chi connectivity index (χ3v) is 16.6. The molecule has 8 rings (SSSR count). The van der Waals surface area contributed by atoms with Crippen LogP contribution in [0.3, 0.4) is 0 Å². The molecule has 6 aromatic rings. The molecule has 2 aliphatic rings. The Kier molecular flexibility index (Phi) is 8.08. The van der Waals surface area contributed by atoms with Crippen molar-refractivity contribution in [1.29, 1.82) is 0 Å². The number of allylic oxidation sites excluding steroid dienone is 5. The van der Waals surface area contributed by atoms with Gasteiger partial charge in [0.2, 0.25) is 0 Å². The van der Waals surface area contributed by atoms with E-state index in [1.165, 1.54) is 60.5 Å². The summed E-state index contributed by atoms with van der Waals surface area (Å²) in [5, 5.41) is 2.86. The third kappa shape index (κ3) is 5.39. The van der Waals surface area contributed by atoms with Crippen molar-refractivity contribution in [2.45, 2.75) is 51.1 Å². The molecular weight excluding hydrogens is 621 g/mol. The van der Waals surface area contributed by atoms with Crippen molar-refractivity contribution in [3.8, 4) is 11.1 Å². The molecule has 0 spiro atoms. The van der Waals surface area contributed by atoms with Gasteiger partial charge in [-0.2, -0.15) is 0 Å². The summed E-state index contributed by atoms with van der Waals surface area (Å²) in [4.78, 5) is 0. The van der Waals surface area contributed by atoms with E-state index in [2.05, 4.69) is 198 Å². The highest BCUT2D eigenvalue weighted by Gasteiger charge is 2.55. The maximum atomic E-state index is 6.60. The van der Waals surface area contributed by atoms with Crippen LogP contribution in [0.15, 0.2) is 168 Å². The van der Waals surface area contributed by atoms with E-state index in [9.17, 15) is 0 Å². The maximum absolute atomic E-state index is 6.60. The molecule has 0 amide bonds. The first-order chi connectivity index (χ1) is 24.2. The fourth-order valence-electron chi connectivity index (χ4n) is 8.56. The molecule has 0 saturated carbocycles. The molecular formula is C48H44OSi. The lowest BCUT2D eigenvalue weighted by molar-refractivity contribution is 0.520. The van der Waals surface area contributed by atoms with Crippen LogP contribution < -0.4 is 10.4 Å². The van der Waals surface area contributed by atoms with Crippen LogP contribution in [0.1, 0.15) is 67.0 Å². The first-order valence-electron chi connectivity index (χ1n) is 17.8. The van der Waals surface area contributed by atoms with Crippen molar-refractivity contribution < 1.29 is 4.42 Å². The average Bonchev–Trinajstić information content (AvgIpc) is 3.87. The predicted molar refractivity (Wildman–Crippen MR) is 214 cm³/mol. The van der Waals surface area contributed by atoms with Gasteiger partial charge < -0.3 is 4.42 Å². The molecule has 50 heavy (non-hydrogen) atoms. The van der Waals surface area contributed by atoms with E-state index in [-0.39, 0.29) is 16.5 Å². The van der Waals surface area contributed by atoms with Crippen LogP contribution >= 0.6 is 0 Å². The molecule has 2 heteroatoms. The summed E-state index contributed by atoms with van der Waals surface area (Å²) in [5.74, 6) is 1.90. The smallest absolute Gasteiger partial charge is 0.140 e. The highest BCUT2D eigenvalue weighted by Crippen LogP contribution is 2.55. The maximum Gasteiger partial charge on any atom is 0.140 e. The second-order valence-electron chi connectivity index (χ2n) is 15.0. The molecule has 246 valence electrons. The summed E-state index contributed by atoms with van der Waals surface area (Å²) in [6, 6.07) is 54.3. The molecule has 1 heterocycles. The van der Waals surface area contributed by atoms with Crippen molar-refractivity contribution in [3.05, 3.63) is 197 Å². The second-order valence-corrected chi connectivity index (χ2v) is 19.1. The van der Waals surface area contributed by atoms with Gasteiger partial charge in [0.25, 0.3) is 0 Å². The van der Waals surface area contributed by atoms with Gasteiger partial charge in [0, 0.05) is 16.7 Å². The Bertz CT molecular complexity index is 2210. The lowest BCUT2D eigenvalue weighted by atomic mass is 9.86. The second kappa shape index (κ2) is 12.6. The van der Waals surface area contributed by atoms with E-state index < -0.39 is 8.07 Å². The molecule has 2 aliphatic carbocycles. The summed E-state index contributed by atoms with van der Waals surface area (Å²) < 4.78 is 6.60. The molecule has 0 bridgehead atoms. The molecule has 0 saturated heterocycles. The zero-order valence-corrected chi connectivity index (χ0v) is 30.7. The summed E-state index contributed by atoms with van der Waals surface area (Å²) in [7, 11) is -2.84. The Labute approximate surface area is 298 Å². The van der Waals surface area contributed by atoms with Crippen molar-refractivity contribution in [3.63, 3.8) is 0 Å². The van der Waals surface area contributed by atoms with E-state index in [0.29, 0.717) is 0 Å². The zero-order valence-electron chi connectivity index (χ0n) is 29.7. The minimum atomic E-state index is -2.84. The Balaban J connectivity index is 1.44. The summed E-state index contributed by atoms with van der Waals surface area (Å²) in [6.07, 6.45) is 7.50. The monoisotopic (exact) mass is 664 g/mol. The molecule has 0 radical (unpaired) electrons. The molecule has 1 nitrogen and oxygen atoms in total. The molecule has 2 atom stereocenters. The number of fused-ring (bicyclic) bond motifs is 1. The molecule has 2 unspecified atom stereocenters. The van der Waals surface area contributed by atoms with Crippen molar-refractivity contribution in [2.24, 2.45) is 0 Å². The van der Waals surface area contributed by atoms with Crippen LogP contribution in [-0.4, -0.2) is 8.07 Å². The topological polar surface area (TPSA) is 13.1 Å². The van der Waals surface area contributed by atoms with Gasteiger partial charge in [0.05, 0.1) is 0 Å². The minimum Gasteiger partial charge on any atom is -0.462 e. The first kappa shape index (κ1) is 32.0. The number of rotatable bonds is 7. The number of hydrogen-bond acceptors (Lipinski definition) is 1. The Morgan fingerprint density at radius 3 is 1.78 bits per heavy atom. The fraction of sp³-hybridized carbons (Fsp3) is 0.167. The normalized spacial score (nSPS) is 17.3. The summed E-state index contributed by atoms with van der Waals surface area (Å²) >= 11 is 0. The molecule has 1 aromatic heterocycles. The standard InChI is InChI=1S/C48H44OSi/c1-33-30-37(35-16-9-6-10-17-35)31-46(33)50(39-18-11-7-12-19-39,40-20-13-8-14-21-40)47-42-23-15-22-41(36-25-27-38(28-26-36)48(3,4)5)43(42)32-44(47)45-29-24-34(2)49-45/h6-32,46-47H,1-5H3. The van der Waals surface area contributed by atoms with Gasteiger partial charge in [0.1, 0.15) is 19.6 Å². The highest BCUT2D eigenvalue weighted by atomic mass is 28.3. The largest absolute Gasteiger partial charge is 0.462 e. The van der Waals surface area contributed by atoms with E-state index in [4.69, 9.17) is 4.42 Å². The zero-order chi connectivity index (χ0) is 34.5. The average molecular weight is 665 g/mol. The van der Waals surface area contributed by atoms with Gasteiger partial charge >= 0.3 is 0 Å². The third-order valence-electron chi connectivity index (χ3n) is 10.9. The molecule has 5 aromatic carbocycles. The van der Waals surface area contributed by atoms with Crippen LogP contribution in [0.4, 0.5) is 0 Å². The van der Waals surface area contributed by atoms with E-state index in [0.717, 1.165) is 11.5 Å². The molecule has 0 N–H and O–H groups in total. The number of hydrogen-bond donors (Lipinski definition) is 0. The van der Waals surface area contributed by atoms with Crippen LogP contribution in [0, 0.1) is 6.92 Å². The van der Waals surface area contributed by atoms with Gasteiger partial charge in [-0.1, -0.05) is 182 Å². The Morgan fingerprint density at radius 2 is 1.20 bits per heavy atom. The lowest BCUT2D eigenvalue weighted by Crippen LogP contribution is -2.65. The van der Waals surface area contributed by atoms with Crippen molar-refractivity contribution >= 4 is 35.7 Å². The summed E-state index contributed by atoms with van der Waals surface area (Å²) in [5.41, 5.74) is 12.2. The van der Waals surface area contributed by atoms with Crippen LogP contribution in [0.5, 0.6) is 0 Å². The van der Waals surface area contributed by atoms with Gasteiger partial charge in [0.15, 0.2) is 0 Å². The van der Waals surface area contributed by atoms with Crippen molar-refractivity contribution in [2.75, 3.05) is 0 Å². The van der Waals surface area contributed by atoms with Crippen LogP contribution in [-0.2, 0) is 5.41 Å². The predicted octanol–water partition coefficient (Wildman–Crippen LogP) is 11.4. The van der Waals surface area contributed by atoms with E-state index >= 15 is 0 Å². The number of aryl methyl sites for hydroxylation is 1. The van der Waals surface area contributed by atoms with Gasteiger partial charge in [-0.15, -0.1) is 0 Å². The lowest BCUT2D eigenvalue weighted by Gasteiger charge is -2.44. The van der Waals surface area contributed by atoms with Crippen LogP contribution in [0.25, 0.3) is 28.3 Å². The quantitative estimate of drug-likeness (QED) is 0.155. The Morgan fingerprint density at radius 1 is 0.580 bits per heavy atom. The SMILES string of the molecule is CC1=CC(c2ccccc2)=CC1[Si](c1ccccc1)(c1ccccc1)C1C(c2ccc(C)o2)=Cc2c(-c3ccc(C(C)(C)C)cc3)cccc21. The fourth-order valence-corrected chi connectivity index (χ4v) is 14.8. The number of furan rings is 1. The van der Waals surface area contributed by atoms with Crippen LogP contribution in [0.2, 0.25) is 5.54 Å².